The minimum Gasteiger partial charge on any atom is -0.486 e. The second kappa shape index (κ2) is 7.78. The van der Waals surface area contributed by atoms with Crippen LogP contribution in [0.3, 0.4) is 0 Å². The zero-order valence-corrected chi connectivity index (χ0v) is 15.9. The molecule has 1 amide bonds. The predicted octanol–water partition coefficient (Wildman–Crippen LogP) is 4.14. The molecule has 1 aliphatic rings. The van der Waals surface area contributed by atoms with Crippen molar-refractivity contribution in [1.29, 1.82) is 0 Å². The lowest BCUT2D eigenvalue weighted by molar-refractivity contribution is -0.114. The van der Waals surface area contributed by atoms with Crippen LogP contribution in [0, 0.1) is 6.92 Å². The number of fused-ring (bicyclic) bond motifs is 1. The van der Waals surface area contributed by atoms with E-state index in [1.807, 2.05) is 37.3 Å². The summed E-state index contributed by atoms with van der Waals surface area (Å²) in [6.45, 7) is 5.32. The van der Waals surface area contributed by atoms with Gasteiger partial charge < -0.3 is 20.1 Å². The predicted molar refractivity (Wildman–Crippen MR) is 103 cm³/mol. The van der Waals surface area contributed by atoms with Crippen LogP contribution in [-0.4, -0.2) is 25.7 Å². The van der Waals surface area contributed by atoms with Gasteiger partial charge in [-0.3, -0.25) is 4.79 Å². The molecule has 0 spiro atoms. The Morgan fingerprint density at radius 2 is 1.92 bits per heavy atom. The fourth-order valence-electron chi connectivity index (χ4n) is 2.76. The van der Waals surface area contributed by atoms with Gasteiger partial charge in [0.05, 0.1) is 12.2 Å². The standard InChI is InChI=1S/C19H21BrN2O3/c1-3-13-6-4-5-12(2)19(13)22-18(23)11-21-15-10-17-16(9-14(15)20)24-7-8-25-17/h4-6,9-10,21H,3,7-8,11H2,1-2H3,(H,22,23). The summed E-state index contributed by atoms with van der Waals surface area (Å²) in [6.07, 6.45) is 0.873. The molecule has 0 aliphatic carbocycles. The van der Waals surface area contributed by atoms with Crippen LogP contribution in [0.4, 0.5) is 11.4 Å². The molecule has 6 heteroatoms. The summed E-state index contributed by atoms with van der Waals surface area (Å²) in [5.74, 6) is 1.30. The fraction of sp³-hybridized carbons (Fsp3) is 0.316. The van der Waals surface area contributed by atoms with Crippen molar-refractivity contribution in [2.75, 3.05) is 30.4 Å². The van der Waals surface area contributed by atoms with Crippen LogP contribution in [0.2, 0.25) is 0 Å². The van der Waals surface area contributed by atoms with E-state index in [1.54, 1.807) is 0 Å². The van der Waals surface area contributed by atoms with Crippen LogP contribution in [0.25, 0.3) is 0 Å². The number of ether oxygens (including phenoxy) is 2. The van der Waals surface area contributed by atoms with E-state index in [-0.39, 0.29) is 12.5 Å². The Labute approximate surface area is 155 Å². The monoisotopic (exact) mass is 404 g/mol. The van der Waals surface area contributed by atoms with Gasteiger partial charge in [0.15, 0.2) is 11.5 Å². The number of carbonyl (C=O) groups is 1. The van der Waals surface area contributed by atoms with Gasteiger partial charge in [-0.25, -0.2) is 0 Å². The molecule has 2 aromatic carbocycles. The molecule has 0 fully saturated rings. The molecule has 3 rings (SSSR count). The van der Waals surface area contributed by atoms with E-state index in [0.717, 1.165) is 33.4 Å². The quantitative estimate of drug-likeness (QED) is 0.785. The molecule has 25 heavy (non-hydrogen) atoms. The van der Waals surface area contributed by atoms with Gasteiger partial charge in [0.1, 0.15) is 13.2 Å². The number of halogens is 1. The summed E-state index contributed by atoms with van der Waals surface area (Å²) >= 11 is 3.50. The second-order valence-corrected chi connectivity index (χ2v) is 6.69. The molecule has 5 nitrogen and oxygen atoms in total. The molecule has 0 saturated carbocycles. The summed E-state index contributed by atoms with van der Waals surface area (Å²) in [5.41, 5.74) is 3.89. The third-order valence-corrected chi connectivity index (χ3v) is 4.73. The molecule has 0 atom stereocenters. The Balaban J connectivity index is 1.67. The number of rotatable bonds is 5. The van der Waals surface area contributed by atoms with Gasteiger partial charge in [-0.15, -0.1) is 0 Å². The fourth-order valence-corrected chi connectivity index (χ4v) is 3.22. The van der Waals surface area contributed by atoms with Gasteiger partial charge in [-0.2, -0.15) is 0 Å². The van der Waals surface area contributed by atoms with Gasteiger partial charge in [-0.1, -0.05) is 25.1 Å². The molecular weight excluding hydrogens is 384 g/mol. The maximum atomic E-state index is 12.4. The molecule has 2 aromatic rings. The maximum absolute atomic E-state index is 12.4. The van der Waals surface area contributed by atoms with Crippen molar-refractivity contribution in [3.8, 4) is 11.5 Å². The smallest absolute Gasteiger partial charge is 0.243 e. The Bertz CT molecular complexity index is 792. The SMILES string of the molecule is CCc1cccc(C)c1NC(=O)CNc1cc2c(cc1Br)OCCO2. The van der Waals surface area contributed by atoms with E-state index in [0.29, 0.717) is 24.7 Å². The van der Waals surface area contributed by atoms with Gasteiger partial charge in [0.25, 0.3) is 0 Å². The third-order valence-electron chi connectivity index (χ3n) is 4.08. The second-order valence-electron chi connectivity index (χ2n) is 5.84. The molecular formula is C19H21BrN2O3. The number of carbonyl (C=O) groups excluding carboxylic acids is 1. The number of amides is 1. The summed E-state index contributed by atoms with van der Waals surface area (Å²) in [4.78, 5) is 12.4. The van der Waals surface area contributed by atoms with Gasteiger partial charge in [0.2, 0.25) is 5.91 Å². The normalized spacial score (nSPS) is 12.6. The number of benzene rings is 2. The van der Waals surface area contributed by atoms with Gasteiger partial charge >= 0.3 is 0 Å². The number of anilines is 2. The molecule has 0 saturated heterocycles. The van der Waals surface area contributed by atoms with Crippen molar-refractivity contribution in [1.82, 2.24) is 0 Å². The number of hydrogen-bond acceptors (Lipinski definition) is 4. The van der Waals surface area contributed by atoms with E-state index in [9.17, 15) is 4.79 Å². The van der Waals surface area contributed by atoms with Crippen molar-refractivity contribution >= 4 is 33.2 Å². The highest BCUT2D eigenvalue weighted by Crippen LogP contribution is 2.38. The largest absolute Gasteiger partial charge is 0.486 e. The molecule has 2 N–H and O–H groups in total. The van der Waals surface area contributed by atoms with Crippen molar-refractivity contribution in [3.05, 3.63) is 45.9 Å². The lowest BCUT2D eigenvalue weighted by Crippen LogP contribution is -2.23. The van der Waals surface area contributed by atoms with Crippen LogP contribution < -0.4 is 20.1 Å². The van der Waals surface area contributed by atoms with E-state index >= 15 is 0 Å². The lowest BCUT2D eigenvalue weighted by atomic mass is 10.1. The topological polar surface area (TPSA) is 59.6 Å². The molecule has 0 radical (unpaired) electrons. The van der Waals surface area contributed by atoms with Crippen molar-refractivity contribution in [3.63, 3.8) is 0 Å². The van der Waals surface area contributed by atoms with E-state index < -0.39 is 0 Å². The molecule has 1 aliphatic heterocycles. The number of hydrogen-bond donors (Lipinski definition) is 2. The minimum atomic E-state index is -0.0919. The number of nitrogens with one attached hydrogen (secondary N) is 2. The minimum absolute atomic E-state index is 0.0919. The van der Waals surface area contributed by atoms with Gasteiger partial charge in [0, 0.05) is 22.3 Å². The average Bonchev–Trinajstić information content (AvgIpc) is 2.61. The Morgan fingerprint density at radius 3 is 2.64 bits per heavy atom. The van der Waals surface area contributed by atoms with Crippen molar-refractivity contribution < 1.29 is 14.3 Å². The first kappa shape index (κ1) is 17.6. The summed E-state index contributed by atoms with van der Waals surface area (Å²) < 4.78 is 12.0. The van der Waals surface area contributed by atoms with E-state index in [4.69, 9.17) is 9.47 Å². The van der Waals surface area contributed by atoms with Crippen molar-refractivity contribution in [2.45, 2.75) is 20.3 Å². The highest BCUT2D eigenvalue weighted by Gasteiger charge is 2.15. The first-order valence-corrected chi connectivity index (χ1v) is 9.09. The zero-order chi connectivity index (χ0) is 17.8. The molecule has 132 valence electrons. The van der Waals surface area contributed by atoms with Gasteiger partial charge in [-0.05, 0) is 40.4 Å². The first-order valence-electron chi connectivity index (χ1n) is 8.30. The Kier molecular flexibility index (Phi) is 5.48. The molecule has 0 bridgehead atoms. The third kappa shape index (κ3) is 4.07. The van der Waals surface area contributed by atoms with Crippen LogP contribution in [0.5, 0.6) is 11.5 Å². The van der Waals surface area contributed by atoms with Crippen LogP contribution in [0.15, 0.2) is 34.8 Å². The van der Waals surface area contributed by atoms with Crippen LogP contribution in [0.1, 0.15) is 18.1 Å². The zero-order valence-electron chi connectivity index (χ0n) is 14.3. The maximum Gasteiger partial charge on any atom is 0.243 e. The highest BCUT2D eigenvalue weighted by molar-refractivity contribution is 9.10. The lowest BCUT2D eigenvalue weighted by Gasteiger charge is -2.20. The molecule has 0 unspecified atom stereocenters. The van der Waals surface area contributed by atoms with Crippen LogP contribution >= 0.6 is 15.9 Å². The van der Waals surface area contributed by atoms with E-state index in [1.165, 1.54) is 0 Å². The number of para-hydroxylation sites is 1. The highest BCUT2D eigenvalue weighted by atomic mass is 79.9. The molecule has 1 heterocycles. The number of aryl methyl sites for hydroxylation is 2. The summed E-state index contributed by atoms with van der Waals surface area (Å²) in [7, 11) is 0. The average molecular weight is 405 g/mol. The Morgan fingerprint density at radius 1 is 1.20 bits per heavy atom. The van der Waals surface area contributed by atoms with Crippen LogP contribution in [-0.2, 0) is 11.2 Å². The molecule has 0 aromatic heterocycles. The summed E-state index contributed by atoms with van der Waals surface area (Å²) in [5, 5.41) is 6.15. The first-order chi connectivity index (χ1) is 12.1. The van der Waals surface area contributed by atoms with Crippen molar-refractivity contribution in [2.24, 2.45) is 0 Å². The summed E-state index contributed by atoms with van der Waals surface area (Å²) in [6, 6.07) is 9.74. The van der Waals surface area contributed by atoms with E-state index in [2.05, 4.69) is 33.5 Å². The Hall–Kier alpha value is -2.21.